The van der Waals surface area contributed by atoms with Crippen LogP contribution in [-0.4, -0.2) is 24.0 Å². The van der Waals surface area contributed by atoms with Crippen molar-refractivity contribution in [2.24, 2.45) is 0 Å². The quantitative estimate of drug-likeness (QED) is 0.878. The van der Waals surface area contributed by atoms with Crippen LogP contribution in [0.15, 0.2) is 18.2 Å². The highest BCUT2D eigenvalue weighted by molar-refractivity contribution is 6.42. The fourth-order valence-corrected chi connectivity index (χ4v) is 3.47. The highest BCUT2D eigenvalue weighted by atomic mass is 35.5. The Morgan fingerprint density at radius 3 is 2.75 bits per heavy atom. The number of piperidine rings is 1. The summed E-state index contributed by atoms with van der Waals surface area (Å²) in [5.41, 5.74) is 0.856. The van der Waals surface area contributed by atoms with Crippen LogP contribution in [0, 0.1) is 0 Å². The average Bonchev–Trinajstić information content (AvgIpc) is 2.40. The van der Waals surface area contributed by atoms with Crippen molar-refractivity contribution >= 4 is 29.1 Å². The van der Waals surface area contributed by atoms with E-state index in [-0.39, 0.29) is 17.5 Å². The van der Waals surface area contributed by atoms with Crippen molar-refractivity contribution in [1.82, 2.24) is 10.6 Å². The van der Waals surface area contributed by atoms with E-state index in [2.05, 4.69) is 10.6 Å². The van der Waals surface area contributed by atoms with Gasteiger partial charge in [0, 0.05) is 17.1 Å². The topological polar surface area (TPSA) is 41.1 Å². The van der Waals surface area contributed by atoms with E-state index in [1.54, 1.807) is 18.2 Å². The van der Waals surface area contributed by atoms with E-state index in [0.29, 0.717) is 15.6 Å². The van der Waals surface area contributed by atoms with Crippen molar-refractivity contribution in [2.45, 2.75) is 43.7 Å². The van der Waals surface area contributed by atoms with E-state index in [9.17, 15) is 4.79 Å². The Labute approximate surface area is 129 Å². The molecule has 3 rings (SSSR count). The fraction of sp³-hybridized carbons (Fsp3) is 0.533. The third kappa shape index (κ3) is 2.80. The van der Waals surface area contributed by atoms with Gasteiger partial charge in [-0.25, -0.2) is 0 Å². The van der Waals surface area contributed by atoms with Gasteiger partial charge in [-0.3, -0.25) is 4.79 Å². The van der Waals surface area contributed by atoms with Crippen LogP contribution in [0.4, 0.5) is 0 Å². The van der Waals surface area contributed by atoms with Crippen molar-refractivity contribution in [1.29, 1.82) is 0 Å². The molecule has 20 heavy (non-hydrogen) atoms. The van der Waals surface area contributed by atoms with Crippen LogP contribution in [0.25, 0.3) is 0 Å². The third-order valence-electron chi connectivity index (χ3n) is 4.46. The van der Waals surface area contributed by atoms with Gasteiger partial charge in [0.05, 0.1) is 10.0 Å². The summed E-state index contributed by atoms with van der Waals surface area (Å²) in [4.78, 5) is 12.3. The lowest BCUT2D eigenvalue weighted by Crippen LogP contribution is -2.59. The predicted octanol–water partition coefficient (Wildman–Crippen LogP) is 3.40. The maximum absolute atomic E-state index is 12.3. The normalized spacial score (nSPS) is 24.2. The molecule has 2 N–H and O–H groups in total. The molecule has 3 nitrogen and oxygen atoms in total. The number of nitrogens with one attached hydrogen (secondary N) is 2. The first-order valence-electron chi connectivity index (χ1n) is 7.09. The Hall–Kier alpha value is -0.770. The molecule has 2 aliphatic rings. The highest BCUT2D eigenvalue weighted by Crippen LogP contribution is 2.38. The second-order valence-corrected chi connectivity index (χ2v) is 6.67. The summed E-state index contributed by atoms with van der Waals surface area (Å²) >= 11 is 11.8. The number of hydrogen-bond acceptors (Lipinski definition) is 2. The smallest absolute Gasteiger partial charge is 0.251 e. The van der Waals surface area contributed by atoms with Gasteiger partial charge in [-0.1, -0.05) is 23.2 Å². The van der Waals surface area contributed by atoms with Crippen LogP contribution in [-0.2, 0) is 0 Å². The maximum Gasteiger partial charge on any atom is 0.251 e. The van der Waals surface area contributed by atoms with E-state index in [1.807, 2.05) is 0 Å². The van der Waals surface area contributed by atoms with Gasteiger partial charge in [-0.2, -0.15) is 0 Å². The monoisotopic (exact) mass is 312 g/mol. The standard InChI is InChI=1S/C15H18Cl2N2O/c16-12-3-2-10(8-13(12)17)14(20)19-11-4-7-18-15(9-11)5-1-6-15/h2-3,8,11,18H,1,4-7,9H2,(H,19,20). The average molecular weight is 313 g/mol. The van der Waals surface area contributed by atoms with Gasteiger partial charge < -0.3 is 10.6 Å². The molecule has 1 atom stereocenters. The molecule has 1 spiro atoms. The van der Waals surface area contributed by atoms with Gasteiger partial charge in [-0.15, -0.1) is 0 Å². The molecule has 1 saturated carbocycles. The number of carbonyl (C=O) groups excluding carboxylic acids is 1. The largest absolute Gasteiger partial charge is 0.349 e. The fourth-order valence-electron chi connectivity index (χ4n) is 3.17. The van der Waals surface area contributed by atoms with Crippen LogP contribution >= 0.6 is 23.2 Å². The van der Waals surface area contributed by atoms with Gasteiger partial charge >= 0.3 is 0 Å². The number of carbonyl (C=O) groups is 1. The summed E-state index contributed by atoms with van der Waals surface area (Å²) in [6.07, 6.45) is 5.76. The number of hydrogen-bond donors (Lipinski definition) is 2. The van der Waals surface area contributed by atoms with Crippen LogP contribution in [0.1, 0.15) is 42.5 Å². The molecule has 1 aliphatic carbocycles. The second kappa shape index (κ2) is 5.55. The summed E-state index contributed by atoms with van der Waals surface area (Å²) in [5.74, 6) is -0.0649. The first-order chi connectivity index (χ1) is 9.58. The zero-order chi connectivity index (χ0) is 14.2. The molecular weight excluding hydrogens is 295 g/mol. The Morgan fingerprint density at radius 2 is 2.10 bits per heavy atom. The van der Waals surface area contributed by atoms with E-state index in [0.717, 1.165) is 19.4 Å². The second-order valence-electron chi connectivity index (χ2n) is 5.85. The summed E-state index contributed by atoms with van der Waals surface area (Å²) in [6.45, 7) is 0.978. The summed E-state index contributed by atoms with van der Waals surface area (Å²) in [5, 5.41) is 7.61. The number of benzene rings is 1. The lowest BCUT2D eigenvalue weighted by molar-refractivity contribution is 0.0853. The minimum Gasteiger partial charge on any atom is -0.349 e. The Kier molecular flexibility index (Phi) is 3.93. The van der Waals surface area contributed by atoms with E-state index < -0.39 is 0 Å². The number of halogens is 2. The van der Waals surface area contributed by atoms with Gasteiger partial charge in [0.1, 0.15) is 0 Å². The molecule has 1 aromatic rings. The zero-order valence-electron chi connectivity index (χ0n) is 11.2. The lowest BCUT2D eigenvalue weighted by Gasteiger charge is -2.48. The molecular formula is C15H18Cl2N2O. The summed E-state index contributed by atoms with van der Waals surface area (Å²) in [7, 11) is 0. The van der Waals surface area contributed by atoms with Gasteiger partial charge in [0.2, 0.25) is 0 Å². The number of amides is 1. The van der Waals surface area contributed by atoms with Crippen LogP contribution in [0.2, 0.25) is 10.0 Å². The minimum absolute atomic E-state index is 0.0649. The minimum atomic E-state index is -0.0649. The molecule has 0 aromatic heterocycles. The first-order valence-corrected chi connectivity index (χ1v) is 7.85. The molecule has 2 fully saturated rings. The lowest BCUT2D eigenvalue weighted by atomic mass is 9.70. The molecule has 1 aromatic carbocycles. The number of rotatable bonds is 2. The Balaban J connectivity index is 1.64. The molecule has 0 radical (unpaired) electrons. The zero-order valence-corrected chi connectivity index (χ0v) is 12.7. The van der Waals surface area contributed by atoms with Crippen LogP contribution in [0.5, 0.6) is 0 Å². The SMILES string of the molecule is O=C(NC1CCNC2(CCC2)C1)c1ccc(Cl)c(Cl)c1. The molecule has 1 heterocycles. The van der Waals surface area contributed by atoms with E-state index >= 15 is 0 Å². The van der Waals surface area contributed by atoms with Crippen molar-refractivity contribution in [3.05, 3.63) is 33.8 Å². The molecule has 0 bridgehead atoms. The summed E-state index contributed by atoms with van der Waals surface area (Å²) in [6, 6.07) is 5.25. The van der Waals surface area contributed by atoms with Crippen molar-refractivity contribution in [2.75, 3.05) is 6.54 Å². The first kappa shape index (κ1) is 14.2. The molecule has 1 amide bonds. The van der Waals surface area contributed by atoms with Crippen molar-refractivity contribution < 1.29 is 4.79 Å². The maximum atomic E-state index is 12.3. The van der Waals surface area contributed by atoms with E-state index in [4.69, 9.17) is 23.2 Å². The van der Waals surface area contributed by atoms with E-state index in [1.165, 1.54) is 19.3 Å². The highest BCUT2D eigenvalue weighted by Gasteiger charge is 2.41. The van der Waals surface area contributed by atoms with Crippen molar-refractivity contribution in [3.8, 4) is 0 Å². The van der Waals surface area contributed by atoms with Gasteiger partial charge in [0.25, 0.3) is 5.91 Å². The van der Waals surface area contributed by atoms with Crippen LogP contribution < -0.4 is 10.6 Å². The molecule has 1 aliphatic heterocycles. The molecule has 108 valence electrons. The molecule has 1 saturated heterocycles. The Bertz CT molecular complexity index is 529. The predicted molar refractivity (Wildman–Crippen MR) is 81.5 cm³/mol. The van der Waals surface area contributed by atoms with Gasteiger partial charge in [-0.05, 0) is 56.8 Å². The summed E-state index contributed by atoms with van der Waals surface area (Å²) < 4.78 is 0. The Morgan fingerprint density at radius 1 is 1.30 bits per heavy atom. The molecule has 1 unspecified atom stereocenters. The van der Waals surface area contributed by atoms with Crippen molar-refractivity contribution in [3.63, 3.8) is 0 Å². The molecule has 5 heteroatoms. The third-order valence-corrected chi connectivity index (χ3v) is 5.20. The van der Waals surface area contributed by atoms with Crippen LogP contribution in [0.3, 0.4) is 0 Å². The van der Waals surface area contributed by atoms with Gasteiger partial charge in [0.15, 0.2) is 0 Å².